The van der Waals surface area contributed by atoms with Crippen LogP contribution in [0.25, 0.3) is 0 Å². The van der Waals surface area contributed by atoms with Crippen LogP contribution in [0.4, 0.5) is 10.5 Å². The lowest BCUT2D eigenvalue weighted by atomic mass is 10.1. The normalized spacial score (nSPS) is 23.0. The van der Waals surface area contributed by atoms with Crippen molar-refractivity contribution in [2.45, 2.75) is 39.9 Å². The third-order valence-corrected chi connectivity index (χ3v) is 6.13. The Hall–Kier alpha value is -3.07. The van der Waals surface area contributed by atoms with Gasteiger partial charge in [-0.1, -0.05) is 6.07 Å². The maximum absolute atomic E-state index is 13.4. The summed E-state index contributed by atoms with van der Waals surface area (Å²) in [5.41, 5.74) is 3.83. The largest absolute Gasteiger partial charge is 0.495 e. The maximum atomic E-state index is 13.4. The summed E-state index contributed by atoms with van der Waals surface area (Å²) >= 11 is 0. The van der Waals surface area contributed by atoms with Gasteiger partial charge in [-0.3, -0.25) is 19.5 Å². The van der Waals surface area contributed by atoms with Crippen molar-refractivity contribution in [3.63, 3.8) is 0 Å². The van der Waals surface area contributed by atoms with Crippen LogP contribution in [0.3, 0.4) is 0 Å². The minimum atomic E-state index is -0.602. The molecule has 4 rings (SSSR count). The van der Waals surface area contributed by atoms with E-state index in [1.807, 2.05) is 55.7 Å². The summed E-state index contributed by atoms with van der Waals surface area (Å²) in [5.74, 6) is 1.09. The molecule has 3 aliphatic heterocycles. The minimum Gasteiger partial charge on any atom is -0.495 e. The summed E-state index contributed by atoms with van der Waals surface area (Å²) in [6.07, 6.45) is -0.584. The van der Waals surface area contributed by atoms with Crippen LogP contribution in [0, 0.1) is 6.92 Å². The van der Waals surface area contributed by atoms with Crippen LogP contribution in [-0.2, 0) is 9.53 Å². The number of hydrogen-bond acceptors (Lipinski definition) is 7. The molecule has 3 heterocycles. The number of aryl methyl sites for hydroxylation is 1. The number of carbonyl (C=O) groups excluding carboxylic acids is 2. The molecule has 3 aliphatic rings. The van der Waals surface area contributed by atoms with Crippen molar-refractivity contribution >= 4 is 23.6 Å². The number of hydrogen-bond donors (Lipinski definition) is 0. The fourth-order valence-corrected chi connectivity index (χ4v) is 4.38. The highest BCUT2D eigenvalue weighted by Crippen LogP contribution is 2.42. The number of amides is 3. The zero-order valence-electron chi connectivity index (χ0n) is 18.9. The van der Waals surface area contributed by atoms with Gasteiger partial charge < -0.3 is 14.4 Å². The maximum Gasteiger partial charge on any atom is 0.328 e. The van der Waals surface area contributed by atoms with Gasteiger partial charge in [0.15, 0.2) is 12.2 Å². The molecule has 9 heteroatoms. The third-order valence-electron chi connectivity index (χ3n) is 6.13. The summed E-state index contributed by atoms with van der Waals surface area (Å²) in [6.45, 7) is 8.95. The van der Waals surface area contributed by atoms with Crippen molar-refractivity contribution < 1.29 is 19.1 Å². The van der Waals surface area contributed by atoms with Crippen LogP contribution < -0.4 is 9.64 Å². The topological polar surface area (TPSA) is 77.9 Å². The molecule has 0 saturated carbocycles. The van der Waals surface area contributed by atoms with Crippen molar-refractivity contribution in [3.8, 4) is 5.75 Å². The van der Waals surface area contributed by atoms with E-state index in [4.69, 9.17) is 14.5 Å². The Morgan fingerprint density at radius 3 is 2.55 bits per heavy atom. The lowest BCUT2D eigenvalue weighted by Gasteiger charge is -2.40. The molecule has 1 fully saturated rings. The second-order valence-corrected chi connectivity index (χ2v) is 7.92. The minimum absolute atomic E-state index is 0.222. The van der Waals surface area contributed by atoms with Gasteiger partial charge in [0, 0.05) is 25.0 Å². The number of urea groups is 1. The molecule has 0 bridgehead atoms. The second kappa shape index (κ2) is 7.88. The number of aliphatic imine (C=N–C) groups is 1. The van der Waals surface area contributed by atoms with E-state index >= 15 is 0 Å². The number of fused-ring (bicyclic) bond motifs is 3. The first kappa shape index (κ1) is 21.2. The second-order valence-electron chi connectivity index (χ2n) is 7.92. The van der Waals surface area contributed by atoms with Crippen LogP contribution in [-0.4, -0.2) is 78.7 Å². The number of allylic oxidation sites excluding steroid dienone is 2. The molecule has 0 aromatic heterocycles. The average Bonchev–Trinajstić information content (AvgIpc) is 3.24. The first-order valence-electron chi connectivity index (χ1n) is 10.5. The van der Waals surface area contributed by atoms with Crippen molar-refractivity contribution in [1.29, 1.82) is 0 Å². The molecule has 1 aromatic rings. The Balaban J connectivity index is 1.74. The van der Waals surface area contributed by atoms with Gasteiger partial charge in [-0.2, -0.15) is 0 Å². The van der Waals surface area contributed by atoms with Gasteiger partial charge >= 0.3 is 6.03 Å². The highest BCUT2D eigenvalue weighted by molar-refractivity contribution is 6.11. The van der Waals surface area contributed by atoms with Gasteiger partial charge in [-0.05, 0) is 45.4 Å². The monoisotopic (exact) mass is 427 g/mol. The molecule has 1 saturated heterocycles. The molecular formula is C22H29N5O4. The van der Waals surface area contributed by atoms with E-state index in [0.717, 1.165) is 22.6 Å². The van der Waals surface area contributed by atoms with Crippen molar-refractivity contribution in [2.75, 3.05) is 38.8 Å². The lowest BCUT2D eigenvalue weighted by molar-refractivity contribution is -0.137. The number of ether oxygens (including phenoxy) is 2. The number of imide groups is 1. The van der Waals surface area contributed by atoms with Crippen LogP contribution in [0.5, 0.6) is 5.75 Å². The van der Waals surface area contributed by atoms with Crippen molar-refractivity contribution in [2.24, 2.45) is 4.99 Å². The number of guanidine groups is 1. The van der Waals surface area contributed by atoms with E-state index in [1.54, 1.807) is 14.2 Å². The fraction of sp³-hybridized carbons (Fsp3) is 0.500. The zero-order chi connectivity index (χ0) is 22.4. The highest BCUT2D eigenvalue weighted by atomic mass is 16.5. The van der Waals surface area contributed by atoms with Gasteiger partial charge in [0.05, 0.1) is 25.9 Å². The Labute approximate surface area is 182 Å². The van der Waals surface area contributed by atoms with E-state index in [1.165, 1.54) is 9.80 Å². The van der Waals surface area contributed by atoms with E-state index in [-0.39, 0.29) is 18.5 Å². The standard InChI is InChI=1S/C22H29N5O4/c1-7-31-11-10-25-20(28)18-19(24(5)22(25)29)23-21-26(14(3)15(4)27(18)21)16-12-13(2)8-9-17(16)30-6/h8-9,12,18-19H,7,10-11H2,1-6H3. The van der Waals surface area contributed by atoms with Crippen LogP contribution in [0.15, 0.2) is 34.6 Å². The SMILES string of the molecule is CCOCCN1C(=O)C2C(N=C3N(c4cc(C)ccc4OC)C(C)=C(C)N32)N(C)C1=O. The van der Waals surface area contributed by atoms with E-state index < -0.39 is 12.2 Å². The quantitative estimate of drug-likeness (QED) is 0.649. The van der Waals surface area contributed by atoms with E-state index in [0.29, 0.717) is 24.9 Å². The van der Waals surface area contributed by atoms with Gasteiger partial charge in [0.2, 0.25) is 5.96 Å². The van der Waals surface area contributed by atoms with Gasteiger partial charge in [0.25, 0.3) is 5.91 Å². The molecule has 0 spiro atoms. The molecule has 1 aromatic carbocycles. The smallest absolute Gasteiger partial charge is 0.328 e. The molecule has 3 amide bonds. The van der Waals surface area contributed by atoms with E-state index in [9.17, 15) is 9.59 Å². The van der Waals surface area contributed by atoms with E-state index in [2.05, 4.69) is 0 Å². The number of likely N-dealkylation sites (N-methyl/N-ethyl adjacent to an activating group) is 1. The van der Waals surface area contributed by atoms with Crippen LogP contribution in [0.1, 0.15) is 26.3 Å². The van der Waals surface area contributed by atoms with Crippen molar-refractivity contribution in [3.05, 3.63) is 35.2 Å². The number of anilines is 1. The Morgan fingerprint density at radius 2 is 1.87 bits per heavy atom. The summed E-state index contributed by atoms with van der Waals surface area (Å²) in [5, 5.41) is 0. The van der Waals surface area contributed by atoms with Gasteiger partial charge in [-0.25, -0.2) is 9.79 Å². The van der Waals surface area contributed by atoms with Crippen LogP contribution in [0.2, 0.25) is 0 Å². The fourth-order valence-electron chi connectivity index (χ4n) is 4.38. The summed E-state index contributed by atoms with van der Waals surface area (Å²) < 4.78 is 11.0. The molecule has 0 aliphatic carbocycles. The summed E-state index contributed by atoms with van der Waals surface area (Å²) in [7, 11) is 3.33. The molecule has 31 heavy (non-hydrogen) atoms. The average molecular weight is 428 g/mol. The first-order valence-corrected chi connectivity index (χ1v) is 10.5. The van der Waals surface area contributed by atoms with Gasteiger partial charge in [0.1, 0.15) is 5.75 Å². The number of rotatable bonds is 6. The number of nitrogens with zero attached hydrogens (tertiary/aromatic N) is 5. The molecule has 0 N–H and O–H groups in total. The first-order chi connectivity index (χ1) is 14.8. The molecule has 2 atom stereocenters. The number of methoxy groups -OCH3 is 1. The Bertz CT molecular complexity index is 988. The zero-order valence-corrected chi connectivity index (χ0v) is 18.9. The molecule has 166 valence electrons. The Kier molecular flexibility index (Phi) is 5.38. The van der Waals surface area contributed by atoms with Crippen molar-refractivity contribution in [1.82, 2.24) is 14.7 Å². The molecule has 9 nitrogen and oxygen atoms in total. The van der Waals surface area contributed by atoms with Crippen LogP contribution >= 0.6 is 0 Å². The molecular weight excluding hydrogens is 398 g/mol. The lowest BCUT2D eigenvalue weighted by Crippen LogP contribution is -2.65. The molecule has 0 radical (unpaired) electrons. The summed E-state index contributed by atoms with van der Waals surface area (Å²) in [6, 6.07) is 5.00. The predicted molar refractivity (Wildman–Crippen MR) is 117 cm³/mol. The highest BCUT2D eigenvalue weighted by Gasteiger charge is 2.56. The molecule has 2 unspecified atom stereocenters. The Morgan fingerprint density at radius 1 is 1.13 bits per heavy atom. The third kappa shape index (κ3) is 3.15. The summed E-state index contributed by atoms with van der Waals surface area (Å²) in [4.78, 5) is 37.9. The predicted octanol–water partition coefficient (Wildman–Crippen LogP) is 2.37. The van der Waals surface area contributed by atoms with Gasteiger partial charge in [-0.15, -0.1) is 0 Å². The number of benzene rings is 1. The number of carbonyl (C=O) groups is 2.